The molecule has 0 atom stereocenters. The third kappa shape index (κ3) is 3.45. The van der Waals surface area contributed by atoms with Crippen molar-refractivity contribution >= 4 is 21.8 Å². The molecule has 21 heavy (non-hydrogen) atoms. The summed E-state index contributed by atoms with van der Waals surface area (Å²) in [6, 6.07) is 6.26. The van der Waals surface area contributed by atoms with Crippen LogP contribution in [0.3, 0.4) is 0 Å². The van der Waals surface area contributed by atoms with Crippen molar-refractivity contribution in [3.63, 3.8) is 0 Å². The Morgan fingerprint density at radius 1 is 1.29 bits per heavy atom. The van der Waals surface area contributed by atoms with E-state index in [1.54, 1.807) is 6.20 Å². The van der Waals surface area contributed by atoms with Crippen molar-refractivity contribution in [2.75, 3.05) is 38.6 Å². The maximum Gasteiger partial charge on any atom is 0.229 e. The maximum atomic E-state index is 5.75. The zero-order valence-electron chi connectivity index (χ0n) is 11.7. The second-order valence-corrected chi connectivity index (χ2v) is 5.97. The van der Waals surface area contributed by atoms with Gasteiger partial charge in [0.05, 0.1) is 25.0 Å². The average molecular weight is 352 g/mol. The maximum absolute atomic E-state index is 5.75. The number of hydrogen-bond donors (Lipinski definition) is 1. The lowest BCUT2D eigenvalue weighted by atomic mass is 10.0. The van der Waals surface area contributed by atoms with Gasteiger partial charge in [-0.05, 0) is 23.6 Å². The van der Waals surface area contributed by atoms with Gasteiger partial charge in [-0.15, -0.1) is 0 Å². The molecule has 1 aliphatic heterocycles. The van der Waals surface area contributed by atoms with E-state index in [0.717, 1.165) is 54.9 Å². The van der Waals surface area contributed by atoms with Gasteiger partial charge < -0.3 is 15.0 Å². The van der Waals surface area contributed by atoms with Crippen molar-refractivity contribution in [2.45, 2.75) is 6.42 Å². The number of benzene rings is 1. The molecular weight excluding hydrogens is 334 g/mol. The van der Waals surface area contributed by atoms with Gasteiger partial charge in [0, 0.05) is 24.1 Å². The Morgan fingerprint density at radius 2 is 2.10 bits per heavy atom. The van der Waals surface area contributed by atoms with Crippen molar-refractivity contribution in [2.24, 2.45) is 0 Å². The molecule has 1 fully saturated rings. The number of rotatable bonds is 4. The molecule has 0 amide bonds. The third-order valence-electron chi connectivity index (χ3n) is 3.76. The number of morpholine rings is 1. The fourth-order valence-electron chi connectivity index (χ4n) is 2.49. The van der Waals surface area contributed by atoms with E-state index >= 15 is 0 Å². The van der Waals surface area contributed by atoms with E-state index in [1.807, 2.05) is 0 Å². The highest BCUT2D eigenvalue weighted by atomic mass is 79.9. The van der Waals surface area contributed by atoms with Gasteiger partial charge in [0.25, 0.3) is 0 Å². The van der Waals surface area contributed by atoms with Gasteiger partial charge in [0.15, 0.2) is 0 Å². The first-order chi connectivity index (χ1) is 10.2. The van der Waals surface area contributed by atoms with E-state index in [4.69, 9.17) is 15.0 Å². The molecule has 2 N–H and O–H groups in total. The highest BCUT2D eigenvalue weighted by Crippen LogP contribution is 2.29. The van der Waals surface area contributed by atoms with Crippen molar-refractivity contribution in [1.82, 2.24) is 10.1 Å². The number of nitrogens with two attached hydrogens (primary N) is 1. The lowest BCUT2D eigenvalue weighted by molar-refractivity contribution is 0.0384. The summed E-state index contributed by atoms with van der Waals surface area (Å²) in [5.74, 6) is 0.350. The Balaban J connectivity index is 1.68. The summed E-state index contributed by atoms with van der Waals surface area (Å²) in [4.78, 5) is 2.43. The molecule has 0 bridgehead atoms. The summed E-state index contributed by atoms with van der Waals surface area (Å²) in [5.41, 5.74) is 8.88. The summed E-state index contributed by atoms with van der Waals surface area (Å²) in [7, 11) is 0. The Morgan fingerprint density at radius 3 is 2.76 bits per heavy atom. The molecule has 1 saturated heterocycles. The quantitative estimate of drug-likeness (QED) is 0.916. The van der Waals surface area contributed by atoms with Crippen LogP contribution in [-0.2, 0) is 11.2 Å². The van der Waals surface area contributed by atoms with Crippen LogP contribution >= 0.6 is 15.9 Å². The standard InChI is InChI=1S/C15H18BrN3O2/c16-14-9-12(13-10-18-21-15(13)17)2-1-11(14)3-4-19-5-7-20-8-6-19/h1-2,9-10H,3-8,17H2. The summed E-state index contributed by atoms with van der Waals surface area (Å²) in [6.45, 7) is 4.77. The van der Waals surface area contributed by atoms with E-state index in [0.29, 0.717) is 5.88 Å². The van der Waals surface area contributed by atoms with Gasteiger partial charge in [0.1, 0.15) is 0 Å². The molecule has 112 valence electrons. The van der Waals surface area contributed by atoms with Crippen LogP contribution in [-0.4, -0.2) is 42.9 Å². The Kier molecular flexibility index (Phi) is 4.57. The summed E-state index contributed by atoms with van der Waals surface area (Å²) < 4.78 is 11.4. The molecule has 2 aromatic rings. The second-order valence-electron chi connectivity index (χ2n) is 5.11. The minimum atomic E-state index is 0.350. The highest BCUT2D eigenvalue weighted by molar-refractivity contribution is 9.10. The smallest absolute Gasteiger partial charge is 0.229 e. The van der Waals surface area contributed by atoms with Gasteiger partial charge >= 0.3 is 0 Å². The zero-order valence-corrected chi connectivity index (χ0v) is 13.3. The van der Waals surface area contributed by atoms with Crippen LogP contribution in [0.5, 0.6) is 0 Å². The molecule has 0 spiro atoms. The van der Waals surface area contributed by atoms with Crippen LogP contribution in [0.1, 0.15) is 5.56 Å². The van der Waals surface area contributed by atoms with E-state index < -0.39 is 0 Å². The molecule has 6 heteroatoms. The van der Waals surface area contributed by atoms with E-state index in [9.17, 15) is 0 Å². The minimum Gasteiger partial charge on any atom is -0.379 e. The first-order valence-electron chi connectivity index (χ1n) is 7.03. The van der Waals surface area contributed by atoms with Crippen molar-refractivity contribution in [3.05, 3.63) is 34.4 Å². The Labute approximate surface area is 132 Å². The summed E-state index contributed by atoms with van der Waals surface area (Å²) in [6.07, 6.45) is 2.66. The van der Waals surface area contributed by atoms with Crippen molar-refractivity contribution < 1.29 is 9.26 Å². The number of aromatic nitrogens is 1. The first kappa shape index (κ1) is 14.6. The minimum absolute atomic E-state index is 0.350. The molecule has 0 aliphatic carbocycles. The lowest BCUT2D eigenvalue weighted by Crippen LogP contribution is -2.37. The SMILES string of the molecule is Nc1oncc1-c1ccc(CCN2CCOCC2)c(Br)c1. The van der Waals surface area contributed by atoms with E-state index in [1.165, 1.54) is 5.56 Å². The Hall–Kier alpha value is -1.37. The largest absolute Gasteiger partial charge is 0.379 e. The van der Waals surface area contributed by atoms with Gasteiger partial charge in [0.2, 0.25) is 5.88 Å². The van der Waals surface area contributed by atoms with Gasteiger partial charge in [-0.1, -0.05) is 33.2 Å². The normalized spacial score (nSPS) is 16.2. The molecule has 1 aromatic carbocycles. The predicted molar refractivity (Wildman–Crippen MR) is 85.0 cm³/mol. The number of anilines is 1. The number of nitrogen functional groups attached to an aromatic ring is 1. The second kappa shape index (κ2) is 6.60. The van der Waals surface area contributed by atoms with Crippen molar-refractivity contribution in [3.8, 4) is 11.1 Å². The molecule has 1 aromatic heterocycles. The molecule has 0 radical (unpaired) electrons. The van der Waals surface area contributed by atoms with E-state index in [2.05, 4.69) is 44.2 Å². The summed E-state index contributed by atoms with van der Waals surface area (Å²) >= 11 is 3.65. The average Bonchev–Trinajstić information content (AvgIpc) is 2.93. The molecule has 3 rings (SSSR count). The van der Waals surface area contributed by atoms with Crippen LogP contribution in [0, 0.1) is 0 Å². The first-order valence-corrected chi connectivity index (χ1v) is 7.82. The number of halogens is 1. The van der Waals surface area contributed by atoms with Gasteiger partial charge in [-0.2, -0.15) is 0 Å². The monoisotopic (exact) mass is 351 g/mol. The number of hydrogen-bond acceptors (Lipinski definition) is 5. The molecule has 0 unspecified atom stereocenters. The zero-order chi connectivity index (χ0) is 14.7. The highest BCUT2D eigenvalue weighted by Gasteiger charge is 2.12. The number of nitrogens with zero attached hydrogens (tertiary/aromatic N) is 2. The predicted octanol–water partition coefficient (Wildman–Crippen LogP) is 2.56. The van der Waals surface area contributed by atoms with Crippen molar-refractivity contribution in [1.29, 1.82) is 0 Å². The lowest BCUT2D eigenvalue weighted by Gasteiger charge is -2.26. The summed E-state index contributed by atoms with van der Waals surface area (Å²) in [5, 5.41) is 3.71. The van der Waals surface area contributed by atoms with Crippen LogP contribution < -0.4 is 5.73 Å². The van der Waals surface area contributed by atoms with E-state index in [-0.39, 0.29) is 0 Å². The molecule has 2 heterocycles. The fourth-order valence-corrected chi connectivity index (χ4v) is 3.06. The fraction of sp³-hybridized carbons (Fsp3) is 0.400. The van der Waals surface area contributed by atoms with Crippen LogP contribution in [0.15, 0.2) is 33.4 Å². The molecule has 1 aliphatic rings. The third-order valence-corrected chi connectivity index (χ3v) is 4.50. The topological polar surface area (TPSA) is 64.5 Å². The molecule has 0 saturated carbocycles. The van der Waals surface area contributed by atoms with Crippen LogP contribution in [0.2, 0.25) is 0 Å². The molecular formula is C15H18BrN3O2. The number of ether oxygens (including phenoxy) is 1. The Bertz CT molecular complexity index is 609. The molecule has 5 nitrogen and oxygen atoms in total. The van der Waals surface area contributed by atoms with Crippen LogP contribution in [0.4, 0.5) is 5.88 Å². The van der Waals surface area contributed by atoms with Crippen LogP contribution in [0.25, 0.3) is 11.1 Å². The van der Waals surface area contributed by atoms with Gasteiger partial charge in [-0.25, -0.2) is 0 Å². The van der Waals surface area contributed by atoms with Gasteiger partial charge in [-0.3, -0.25) is 4.90 Å².